The molecule has 0 aromatic heterocycles. The number of thioether (sulfide) groups is 1. The van der Waals surface area contributed by atoms with Crippen molar-refractivity contribution in [3.8, 4) is 0 Å². The van der Waals surface area contributed by atoms with E-state index in [1.807, 2.05) is 81.4 Å². The van der Waals surface area contributed by atoms with Crippen LogP contribution < -0.4 is 4.90 Å². The first kappa shape index (κ1) is 31.5. The second-order valence-corrected chi connectivity index (χ2v) is 15.2. The van der Waals surface area contributed by atoms with E-state index in [9.17, 15) is 19.5 Å². The van der Waals surface area contributed by atoms with E-state index >= 15 is 0 Å². The first-order valence-corrected chi connectivity index (χ1v) is 16.5. The monoisotopic (exact) mass is 665 g/mol. The minimum Gasteiger partial charge on any atom is -0.394 e. The van der Waals surface area contributed by atoms with Crippen LogP contribution in [0.3, 0.4) is 0 Å². The standard InChI is InChI=1S/C34H40BrN3O4S/c1-6-18-36(23-16-12-9-13-17-23)30(40)26-27-31(41)38(25(21-39)22-14-10-8-11-15-22)29(34(27)20-24(35)28(26)43-34)32(42)37(19-7-2)33(3,4)5/h6-17,24-29,39H,1-2,18-21H2,3-5H3/t24?,25-,26-,27+,28-,29?,34?/m1/s1. The number of aliphatic hydroxyl groups excluding tert-OH is 1. The zero-order valence-corrected chi connectivity index (χ0v) is 27.3. The highest BCUT2D eigenvalue weighted by Crippen LogP contribution is 2.69. The third-order valence-corrected chi connectivity index (χ3v) is 12.2. The Bertz CT molecular complexity index is 1380. The first-order valence-electron chi connectivity index (χ1n) is 14.7. The molecule has 3 amide bonds. The third kappa shape index (κ3) is 5.27. The molecule has 7 atom stereocenters. The molecule has 3 fully saturated rings. The lowest BCUT2D eigenvalue weighted by molar-refractivity contribution is -0.148. The van der Waals surface area contributed by atoms with Crippen molar-refractivity contribution >= 4 is 51.1 Å². The fourth-order valence-corrected chi connectivity index (χ4v) is 10.8. The summed E-state index contributed by atoms with van der Waals surface area (Å²) >= 11 is 5.47. The highest BCUT2D eigenvalue weighted by molar-refractivity contribution is 9.09. The Kier molecular flexibility index (Phi) is 8.99. The summed E-state index contributed by atoms with van der Waals surface area (Å²) in [6.45, 7) is 13.9. The van der Waals surface area contributed by atoms with Gasteiger partial charge in [-0.05, 0) is 44.9 Å². The van der Waals surface area contributed by atoms with Gasteiger partial charge in [0.25, 0.3) is 0 Å². The molecule has 1 spiro atoms. The molecule has 3 aliphatic rings. The number of alkyl halides is 1. The highest BCUT2D eigenvalue weighted by atomic mass is 79.9. The Hall–Kier alpha value is -2.88. The summed E-state index contributed by atoms with van der Waals surface area (Å²) in [4.78, 5) is 49.2. The van der Waals surface area contributed by atoms with Gasteiger partial charge in [0.1, 0.15) is 6.04 Å². The average molecular weight is 667 g/mol. The molecular formula is C34H40BrN3O4S. The van der Waals surface area contributed by atoms with Crippen molar-refractivity contribution in [2.75, 3.05) is 24.6 Å². The molecule has 3 unspecified atom stereocenters. The van der Waals surface area contributed by atoms with Crippen LogP contribution in [0, 0.1) is 11.8 Å². The largest absolute Gasteiger partial charge is 0.394 e. The Morgan fingerprint density at radius 2 is 1.67 bits per heavy atom. The Morgan fingerprint density at radius 1 is 1.07 bits per heavy atom. The second kappa shape index (κ2) is 12.3. The summed E-state index contributed by atoms with van der Waals surface area (Å²) < 4.78 is -0.850. The van der Waals surface area contributed by atoms with Gasteiger partial charge in [-0.3, -0.25) is 14.4 Å². The number of halogens is 1. The van der Waals surface area contributed by atoms with Gasteiger partial charge in [0, 0.05) is 34.4 Å². The lowest BCUT2D eigenvalue weighted by Crippen LogP contribution is -2.59. The van der Waals surface area contributed by atoms with Gasteiger partial charge in [0.2, 0.25) is 17.7 Å². The zero-order chi connectivity index (χ0) is 31.1. The molecule has 7 nitrogen and oxygen atoms in total. The fourth-order valence-electron chi connectivity index (χ4n) is 7.20. The maximum Gasteiger partial charge on any atom is 0.247 e. The maximum absolute atomic E-state index is 14.8. The lowest BCUT2D eigenvalue weighted by atomic mass is 9.70. The van der Waals surface area contributed by atoms with E-state index in [-0.39, 0.29) is 34.4 Å². The molecule has 0 aliphatic carbocycles. The number of benzene rings is 2. The van der Waals surface area contributed by atoms with Gasteiger partial charge in [-0.1, -0.05) is 76.6 Å². The molecule has 9 heteroatoms. The van der Waals surface area contributed by atoms with Crippen LogP contribution in [0.25, 0.3) is 0 Å². The number of hydrogen-bond donors (Lipinski definition) is 1. The fraction of sp³-hybridized carbons (Fsp3) is 0.441. The Morgan fingerprint density at radius 3 is 2.23 bits per heavy atom. The third-order valence-electron chi connectivity index (χ3n) is 8.97. The SMILES string of the molecule is C=CCN(C(=O)[C@H]1[C@@H]2SC3(CC2Br)C(C(=O)N(CC=C)C(C)(C)C)N([C@H](CO)c2ccccc2)C(=O)[C@H]13)c1ccccc1. The number of para-hydroxylation sites is 1. The molecule has 3 heterocycles. The highest BCUT2D eigenvalue weighted by Gasteiger charge is 2.76. The quantitative estimate of drug-likeness (QED) is 0.278. The van der Waals surface area contributed by atoms with Crippen molar-refractivity contribution in [3.05, 3.63) is 91.5 Å². The van der Waals surface area contributed by atoms with Crippen LogP contribution in [0.2, 0.25) is 0 Å². The molecule has 0 saturated carbocycles. The zero-order valence-electron chi connectivity index (χ0n) is 24.9. The summed E-state index contributed by atoms with van der Waals surface area (Å²) in [5.41, 5.74) is 0.931. The number of anilines is 1. The number of nitrogens with zero attached hydrogens (tertiary/aromatic N) is 3. The maximum atomic E-state index is 14.8. The summed E-state index contributed by atoms with van der Waals surface area (Å²) in [6, 6.07) is 17.2. The van der Waals surface area contributed by atoms with Gasteiger partial charge in [0.05, 0.1) is 29.2 Å². The van der Waals surface area contributed by atoms with Crippen LogP contribution in [-0.2, 0) is 14.4 Å². The summed E-state index contributed by atoms with van der Waals surface area (Å²) in [5, 5.41) is 10.6. The summed E-state index contributed by atoms with van der Waals surface area (Å²) in [7, 11) is 0. The van der Waals surface area contributed by atoms with E-state index < -0.39 is 34.2 Å². The van der Waals surface area contributed by atoms with E-state index in [1.165, 1.54) is 0 Å². The smallest absolute Gasteiger partial charge is 0.247 e. The van der Waals surface area contributed by atoms with E-state index in [0.29, 0.717) is 19.5 Å². The van der Waals surface area contributed by atoms with Crippen molar-refractivity contribution in [2.45, 2.75) is 59.6 Å². The molecule has 228 valence electrons. The van der Waals surface area contributed by atoms with Crippen LogP contribution in [0.4, 0.5) is 5.69 Å². The number of carbonyl (C=O) groups is 3. The summed E-state index contributed by atoms with van der Waals surface area (Å²) in [6.07, 6.45) is 3.95. The van der Waals surface area contributed by atoms with Crippen LogP contribution >= 0.6 is 27.7 Å². The molecule has 2 bridgehead atoms. The number of fused-ring (bicyclic) bond motifs is 1. The molecule has 0 radical (unpaired) electrons. The van der Waals surface area contributed by atoms with E-state index in [1.54, 1.807) is 38.6 Å². The van der Waals surface area contributed by atoms with Gasteiger partial charge in [-0.15, -0.1) is 24.9 Å². The first-order chi connectivity index (χ1) is 20.5. The molecule has 3 aliphatic heterocycles. The van der Waals surface area contributed by atoms with Gasteiger partial charge in [-0.2, -0.15) is 0 Å². The van der Waals surface area contributed by atoms with Crippen molar-refractivity contribution in [1.29, 1.82) is 0 Å². The van der Waals surface area contributed by atoms with Crippen LogP contribution in [0.1, 0.15) is 38.8 Å². The molecule has 43 heavy (non-hydrogen) atoms. The molecule has 3 saturated heterocycles. The van der Waals surface area contributed by atoms with Gasteiger partial charge in [0.15, 0.2) is 0 Å². The van der Waals surface area contributed by atoms with Crippen molar-refractivity contribution < 1.29 is 19.5 Å². The number of carbonyl (C=O) groups excluding carboxylic acids is 3. The number of hydrogen-bond acceptors (Lipinski definition) is 5. The van der Waals surface area contributed by atoms with Crippen LogP contribution in [0.5, 0.6) is 0 Å². The lowest BCUT2D eigenvalue weighted by Gasteiger charge is -2.43. The molecule has 2 aromatic carbocycles. The molecular weight excluding hydrogens is 626 g/mol. The van der Waals surface area contributed by atoms with E-state index in [0.717, 1.165) is 11.3 Å². The van der Waals surface area contributed by atoms with Gasteiger partial charge in [-0.25, -0.2) is 0 Å². The van der Waals surface area contributed by atoms with E-state index in [4.69, 9.17) is 0 Å². The molecule has 2 aromatic rings. The summed E-state index contributed by atoms with van der Waals surface area (Å²) in [5.74, 6) is -1.98. The number of amides is 3. The topological polar surface area (TPSA) is 81.2 Å². The number of aliphatic hydroxyl groups is 1. The van der Waals surface area contributed by atoms with Gasteiger partial charge >= 0.3 is 0 Å². The van der Waals surface area contributed by atoms with Crippen molar-refractivity contribution in [3.63, 3.8) is 0 Å². The van der Waals surface area contributed by atoms with E-state index in [2.05, 4.69) is 29.1 Å². The normalized spacial score (nSPS) is 28.3. The molecule has 1 N–H and O–H groups in total. The minimum atomic E-state index is -0.876. The predicted molar refractivity (Wildman–Crippen MR) is 176 cm³/mol. The van der Waals surface area contributed by atoms with Gasteiger partial charge < -0.3 is 19.8 Å². The predicted octanol–water partition coefficient (Wildman–Crippen LogP) is 5.22. The number of likely N-dealkylation sites (tertiary alicyclic amines) is 1. The molecule has 5 rings (SSSR count). The van der Waals surface area contributed by atoms with Crippen molar-refractivity contribution in [1.82, 2.24) is 9.80 Å². The minimum absolute atomic E-state index is 0.0705. The second-order valence-electron chi connectivity index (χ2n) is 12.5. The van der Waals surface area contributed by atoms with Crippen LogP contribution in [0.15, 0.2) is 86.0 Å². The average Bonchev–Trinajstić information content (AvgIpc) is 3.58. The van der Waals surface area contributed by atoms with Crippen molar-refractivity contribution in [2.24, 2.45) is 11.8 Å². The Labute approximate surface area is 267 Å². The van der Waals surface area contributed by atoms with Crippen LogP contribution in [-0.4, -0.2) is 78.7 Å². The number of rotatable bonds is 10. The Balaban J connectivity index is 1.66.